The van der Waals surface area contributed by atoms with Crippen molar-refractivity contribution < 1.29 is 20.3 Å². The van der Waals surface area contributed by atoms with Crippen molar-refractivity contribution in [2.24, 2.45) is 0 Å². The van der Waals surface area contributed by atoms with E-state index in [4.69, 9.17) is 10.5 Å². The zero-order valence-corrected chi connectivity index (χ0v) is 12.2. The molecule has 2 N–H and O–H groups in total. The van der Waals surface area contributed by atoms with E-state index in [9.17, 15) is 0 Å². The van der Waals surface area contributed by atoms with Gasteiger partial charge in [-0.2, -0.15) is 0 Å². The average Bonchev–Trinajstić information content (AvgIpc) is 2.53. The van der Waals surface area contributed by atoms with Gasteiger partial charge >= 0.3 is 0 Å². The highest BCUT2D eigenvalue weighted by Crippen LogP contribution is 2.30. The molecule has 0 saturated carbocycles. The number of hydrogen-bond acceptors (Lipinski definition) is 4. The predicted molar refractivity (Wildman–Crippen MR) is 80.7 cm³/mol. The molecule has 21 heavy (non-hydrogen) atoms. The van der Waals surface area contributed by atoms with Crippen LogP contribution in [-0.2, 0) is 11.8 Å². The van der Waals surface area contributed by atoms with Crippen LogP contribution in [0, 0.1) is 0 Å². The first-order valence-corrected chi connectivity index (χ1v) is 6.87. The first-order valence-electron chi connectivity index (χ1n) is 6.87. The number of rotatable bonds is 6. The SMILES string of the molecule is CC(C)(CCc1ccc(OO)cc1)c1ccc(OO)cc1. The van der Waals surface area contributed by atoms with Gasteiger partial charge in [0.1, 0.15) is 0 Å². The highest BCUT2D eigenvalue weighted by atomic mass is 17.1. The number of benzene rings is 2. The second kappa shape index (κ2) is 6.61. The van der Waals surface area contributed by atoms with Crippen molar-refractivity contribution in [3.05, 3.63) is 59.7 Å². The molecule has 0 amide bonds. The summed E-state index contributed by atoms with van der Waals surface area (Å²) in [5, 5.41) is 17.1. The molecule has 0 atom stereocenters. The molecule has 0 aromatic heterocycles. The Bertz CT molecular complexity index is 558. The Hall–Kier alpha value is -2.04. The van der Waals surface area contributed by atoms with Crippen molar-refractivity contribution in [2.45, 2.75) is 32.1 Å². The minimum Gasteiger partial charge on any atom is -0.340 e. The van der Waals surface area contributed by atoms with E-state index in [1.54, 1.807) is 24.3 Å². The van der Waals surface area contributed by atoms with Crippen LogP contribution in [0.2, 0.25) is 0 Å². The highest BCUT2D eigenvalue weighted by molar-refractivity contribution is 5.32. The van der Waals surface area contributed by atoms with Crippen LogP contribution in [0.1, 0.15) is 31.4 Å². The van der Waals surface area contributed by atoms with Crippen molar-refractivity contribution in [3.63, 3.8) is 0 Å². The third-order valence-electron chi connectivity index (χ3n) is 3.81. The molecule has 0 unspecified atom stereocenters. The van der Waals surface area contributed by atoms with Crippen LogP contribution in [0.25, 0.3) is 0 Å². The summed E-state index contributed by atoms with van der Waals surface area (Å²) in [6, 6.07) is 14.8. The predicted octanol–water partition coefficient (Wildman–Crippen LogP) is 4.30. The Labute approximate surface area is 124 Å². The Balaban J connectivity index is 2.01. The molecule has 0 aliphatic carbocycles. The van der Waals surface area contributed by atoms with Gasteiger partial charge in [-0.15, -0.1) is 0 Å². The van der Waals surface area contributed by atoms with Crippen molar-refractivity contribution in [2.75, 3.05) is 0 Å². The first-order chi connectivity index (χ1) is 10.0. The maximum atomic E-state index is 8.60. The first kappa shape index (κ1) is 15.4. The molecule has 0 aliphatic rings. The van der Waals surface area contributed by atoms with Gasteiger partial charge in [0.25, 0.3) is 0 Å². The lowest BCUT2D eigenvalue weighted by Gasteiger charge is -2.25. The van der Waals surface area contributed by atoms with Crippen LogP contribution in [-0.4, -0.2) is 10.5 Å². The van der Waals surface area contributed by atoms with Crippen LogP contribution < -0.4 is 9.78 Å². The lowest BCUT2D eigenvalue weighted by atomic mass is 9.79. The fourth-order valence-electron chi connectivity index (χ4n) is 2.29. The van der Waals surface area contributed by atoms with Gasteiger partial charge < -0.3 is 9.78 Å². The quantitative estimate of drug-likeness (QED) is 0.614. The average molecular weight is 288 g/mol. The third kappa shape index (κ3) is 3.97. The van der Waals surface area contributed by atoms with E-state index in [1.807, 2.05) is 24.3 Å². The monoisotopic (exact) mass is 288 g/mol. The fourth-order valence-corrected chi connectivity index (χ4v) is 2.29. The Morgan fingerprint density at radius 1 is 0.810 bits per heavy atom. The Morgan fingerprint density at radius 3 is 1.76 bits per heavy atom. The van der Waals surface area contributed by atoms with Gasteiger partial charge in [0.15, 0.2) is 11.5 Å². The van der Waals surface area contributed by atoms with Crippen LogP contribution in [0.4, 0.5) is 0 Å². The largest absolute Gasteiger partial charge is 0.340 e. The second-order valence-electron chi connectivity index (χ2n) is 5.73. The smallest absolute Gasteiger partial charge is 0.165 e. The summed E-state index contributed by atoms with van der Waals surface area (Å²) in [7, 11) is 0. The molecule has 112 valence electrons. The summed E-state index contributed by atoms with van der Waals surface area (Å²) in [5.74, 6) is 0.881. The summed E-state index contributed by atoms with van der Waals surface area (Å²) < 4.78 is 0. The molecule has 0 aliphatic heterocycles. The van der Waals surface area contributed by atoms with Crippen molar-refractivity contribution >= 4 is 0 Å². The molecular weight excluding hydrogens is 268 g/mol. The van der Waals surface area contributed by atoms with Gasteiger partial charge in [-0.3, -0.25) is 0 Å². The summed E-state index contributed by atoms with van der Waals surface area (Å²) in [5.41, 5.74) is 2.40. The molecule has 0 saturated heterocycles. The second-order valence-corrected chi connectivity index (χ2v) is 5.73. The molecule has 2 aromatic rings. The normalized spacial score (nSPS) is 11.2. The van der Waals surface area contributed by atoms with Gasteiger partial charge in [-0.25, -0.2) is 10.5 Å². The molecule has 4 nitrogen and oxygen atoms in total. The molecule has 0 fully saturated rings. The maximum absolute atomic E-state index is 8.60. The van der Waals surface area contributed by atoms with Gasteiger partial charge in [0, 0.05) is 0 Å². The van der Waals surface area contributed by atoms with E-state index in [-0.39, 0.29) is 5.41 Å². The summed E-state index contributed by atoms with van der Waals surface area (Å²) in [6.45, 7) is 4.38. The fraction of sp³-hybridized carbons (Fsp3) is 0.294. The Kier molecular flexibility index (Phi) is 4.83. The minimum atomic E-state index is 0.0140. The Morgan fingerprint density at radius 2 is 1.29 bits per heavy atom. The molecule has 4 heteroatoms. The van der Waals surface area contributed by atoms with Crippen LogP contribution >= 0.6 is 0 Å². The third-order valence-corrected chi connectivity index (χ3v) is 3.81. The molecule has 0 heterocycles. The molecule has 0 radical (unpaired) electrons. The lowest BCUT2D eigenvalue weighted by molar-refractivity contribution is -0.137. The molecule has 2 aromatic carbocycles. The van der Waals surface area contributed by atoms with Crippen LogP contribution in [0.5, 0.6) is 11.5 Å². The van der Waals surface area contributed by atoms with E-state index < -0.39 is 0 Å². The topological polar surface area (TPSA) is 58.9 Å². The van der Waals surface area contributed by atoms with Crippen molar-refractivity contribution in [3.8, 4) is 11.5 Å². The van der Waals surface area contributed by atoms with E-state index in [2.05, 4.69) is 23.6 Å². The zero-order chi connectivity index (χ0) is 15.3. The molecule has 2 rings (SSSR count). The zero-order valence-electron chi connectivity index (χ0n) is 12.2. The van der Waals surface area contributed by atoms with Crippen molar-refractivity contribution in [1.29, 1.82) is 0 Å². The minimum absolute atomic E-state index is 0.0140. The molecule has 0 spiro atoms. The van der Waals surface area contributed by atoms with E-state index in [1.165, 1.54) is 11.1 Å². The van der Waals surface area contributed by atoms with Crippen LogP contribution in [0.3, 0.4) is 0 Å². The van der Waals surface area contributed by atoms with E-state index in [0.717, 1.165) is 12.8 Å². The number of hydrogen-bond donors (Lipinski definition) is 2. The van der Waals surface area contributed by atoms with E-state index >= 15 is 0 Å². The standard InChI is InChI=1S/C17H20O4/c1-17(2,14-5-9-16(21-19)10-6-14)12-11-13-3-7-15(20-18)8-4-13/h3-10,18-19H,11-12H2,1-2H3. The van der Waals surface area contributed by atoms with E-state index in [0.29, 0.717) is 11.5 Å². The summed E-state index contributed by atoms with van der Waals surface area (Å²) in [6.07, 6.45) is 1.91. The van der Waals surface area contributed by atoms with Crippen molar-refractivity contribution in [1.82, 2.24) is 0 Å². The summed E-state index contributed by atoms with van der Waals surface area (Å²) >= 11 is 0. The van der Waals surface area contributed by atoms with Crippen LogP contribution in [0.15, 0.2) is 48.5 Å². The van der Waals surface area contributed by atoms with Gasteiger partial charge in [-0.1, -0.05) is 38.1 Å². The lowest BCUT2D eigenvalue weighted by Crippen LogP contribution is -2.18. The highest BCUT2D eigenvalue weighted by Gasteiger charge is 2.20. The maximum Gasteiger partial charge on any atom is 0.165 e. The number of aryl methyl sites for hydroxylation is 1. The van der Waals surface area contributed by atoms with Gasteiger partial charge in [-0.05, 0) is 53.6 Å². The molecular formula is C17H20O4. The summed E-state index contributed by atoms with van der Waals surface area (Å²) in [4.78, 5) is 8.37. The molecule has 0 bridgehead atoms. The van der Waals surface area contributed by atoms with Gasteiger partial charge in [0.05, 0.1) is 0 Å². The van der Waals surface area contributed by atoms with Gasteiger partial charge in [0.2, 0.25) is 0 Å².